The zero-order chi connectivity index (χ0) is 13.5. The molecule has 0 unspecified atom stereocenters. The molecule has 19 heavy (non-hydrogen) atoms. The molecule has 0 spiro atoms. The Labute approximate surface area is 116 Å². The van der Waals surface area contributed by atoms with Gasteiger partial charge in [-0.3, -0.25) is 0 Å². The van der Waals surface area contributed by atoms with Crippen LogP contribution in [0.1, 0.15) is 18.4 Å². The average molecular weight is 256 g/mol. The maximum Gasteiger partial charge on any atom is 0.0236 e. The summed E-state index contributed by atoms with van der Waals surface area (Å²) >= 11 is 0. The van der Waals surface area contributed by atoms with Crippen molar-refractivity contribution >= 4 is 10.8 Å². The van der Waals surface area contributed by atoms with Gasteiger partial charge in [0.05, 0.1) is 0 Å². The van der Waals surface area contributed by atoms with Crippen LogP contribution in [0.3, 0.4) is 0 Å². The van der Waals surface area contributed by atoms with Gasteiger partial charge >= 0.3 is 0 Å². The van der Waals surface area contributed by atoms with Crippen LogP contribution < -0.4 is 5.32 Å². The van der Waals surface area contributed by atoms with Gasteiger partial charge in [-0.25, -0.2) is 0 Å². The number of rotatable bonds is 7. The van der Waals surface area contributed by atoms with E-state index in [1.165, 1.54) is 29.2 Å². The quantitative estimate of drug-likeness (QED) is 0.765. The molecular formula is C17H24N2. The van der Waals surface area contributed by atoms with Crippen molar-refractivity contribution in [2.75, 3.05) is 27.2 Å². The number of fused-ring (bicyclic) bond motifs is 1. The summed E-state index contributed by atoms with van der Waals surface area (Å²) in [6.07, 6.45) is 2.50. The van der Waals surface area contributed by atoms with Crippen molar-refractivity contribution in [1.82, 2.24) is 10.2 Å². The first-order chi connectivity index (χ1) is 9.31. The van der Waals surface area contributed by atoms with Crippen LogP contribution in [0.25, 0.3) is 10.8 Å². The second kappa shape index (κ2) is 7.27. The fourth-order valence-corrected chi connectivity index (χ4v) is 2.48. The molecule has 2 aromatic carbocycles. The summed E-state index contributed by atoms with van der Waals surface area (Å²) in [5.74, 6) is 0. The van der Waals surface area contributed by atoms with E-state index in [1.54, 1.807) is 0 Å². The lowest BCUT2D eigenvalue weighted by Crippen LogP contribution is -2.20. The fourth-order valence-electron chi connectivity index (χ4n) is 2.48. The standard InChI is InChI=1S/C17H24N2/c1-18-12-5-6-13-19(2)14-16-10-7-9-15-8-3-4-11-17(15)16/h3-4,7-11,18H,5-6,12-14H2,1-2H3. The first-order valence-corrected chi connectivity index (χ1v) is 7.11. The van der Waals surface area contributed by atoms with E-state index in [0.29, 0.717) is 0 Å². The van der Waals surface area contributed by atoms with E-state index in [2.05, 4.69) is 59.7 Å². The van der Waals surface area contributed by atoms with Gasteiger partial charge in [0.25, 0.3) is 0 Å². The van der Waals surface area contributed by atoms with Gasteiger partial charge in [-0.05, 0) is 56.4 Å². The van der Waals surface area contributed by atoms with Crippen LogP contribution in [0, 0.1) is 0 Å². The van der Waals surface area contributed by atoms with E-state index >= 15 is 0 Å². The van der Waals surface area contributed by atoms with Crippen molar-refractivity contribution < 1.29 is 0 Å². The van der Waals surface area contributed by atoms with Crippen molar-refractivity contribution in [2.45, 2.75) is 19.4 Å². The highest BCUT2D eigenvalue weighted by Crippen LogP contribution is 2.19. The van der Waals surface area contributed by atoms with E-state index < -0.39 is 0 Å². The Morgan fingerprint density at radius 1 is 1.00 bits per heavy atom. The maximum absolute atomic E-state index is 3.20. The molecule has 2 rings (SSSR count). The molecule has 2 heteroatoms. The predicted octanol–water partition coefficient (Wildman–Crippen LogP) is 3.27. The van der Waals surface area contributed by atoms with Gasteiger partial charge in [0.2, 0.25) is 0 Å². The number of benzene rings is 2. The zero-order valence-electron chi connectivity index (χ0n) is 12.0. The third kappa shape index (κ3) is 4.05. The Bertz CT molecular complexity index is 502. The van der Waals surface area contributed by atoms with Crippen LogP contribution in [0.5, 0.6) is 0 Å². The van der Waals surface area contributed by atoms with Crippen LogP contribution in [0.2, 0.25) is 0 Å². The molecule has 0 heterocycles. The average Bonchev–Trinajstić information content (AvgIpc) is 2.44. The molecule has 0 aliphatic heterocycles. The van der Waals surface area contributed by atoms with Gasteiger partial charge < -0.3 is 10.2 Å². The maximum atomic E-state index is 3.20. The molecular weight excluding hydrogens is 232 g/mol. The second-order valence-electron chi connectivity index (χ2n) is 5.19. The second-order valence-corrected chi connectivity index (χ2v) is 5.19. The highest BCUT2D eigenvalue weighted by Gasteiger charge is 2.03. The van der Waals surface area contributed by atoms with Crippen LogP contribution in [-0.2, 0) is 6.54 Å². The molecule has 0 bridgehead atoms. The number of nitrogens with zero attached hydrogens (tertiary/aromatic N) is 1. The molecule has 0 aliphatic rings. The van der Waals surface area contributed by atoms with Crippen molar-refractivity contribution in [3.8, 4) is 0 Å². The Kier molecular flexibility index (Phi) is 5.37. The normalized spacial score (nSPS) is 11.3. The summed E-state index contributed by atoms with van der Waals surface area (Å²) in [6.45, 7) is 3.30. The molecule has 2 aromatic rings. The van der Waals surface area contributed by atoms with Crippen LogP contribution in [0.15, 0.2) is 42.5 Å². The minimum absolute atomic E-state index is 1.03. The van der Waals surface area contributed by atoms with E-state index in [-0.39, 0.29) is 0 Å². The van der Waals surface area contributed by atoms with Crippen LogP contribution in [0.4, 0.5) is 0 Å². The Morgan fingerprint density at radius 3 is 2.63 bits per heavy atom. The van der Waals surface area contributed by atoms with E-state index in [4.69, 9.17) is 0 Å². The highest BCUT2D eigenvalue weighted by molar-refractivity contribution is 5.85. The minimum atomic E-state index is 1.03. The lowest BCUT2D eigenvalue weighted by Gasteiger charge is -2.17. The summed E-state index contributed by atoms with van der Waals surface area (Å²) in [5.41, 5.74) is 1.43. The Hall–Kier alpha value is -1.38. The number of hydrogen-bond acceptors (Lipinski definition) is 2. The van der Waals surface area contributed by atoms with Crippen LogP contribution >= 0.6 is 0 Å². The monoisotopic (exact) mass is 256 g/mol. The third-order valence-corrected chi connectivity index (χ3v) is 3.54. The van der Waals surface area contributed by atoms with Crippen molar-refractivity contribution in [3.05, 3.63) is 48.0 Å². The minimum Gasteiger partial charge on any atom is -0.320 e. The molecule has 1 N–H and O–H groups in total. The lowest BCUT2D eigenvalue weighted by atomic mass is 10.0. The Morgan fingerprint density at radius 2 is 1.79 bits per heavy atom. The number of unbranched alkanes of at least 4 members (excludes halogenated alkanes) is 1. The molecule has 0 saturated carbocycles. The smallest absolute Gasteiger partial charge is 0.0236 e. The molecule has 0 fully saturated rings. The van der Waals surface area contributed by atoms with Gasteiger partial charge in [0.1, 0.15) is 0 Å². The summed E-state index contributed by atoms with van der Waals surface area (Å²) in [5, 5.41) is 5.91. The fraction of sp³-hybridized carbons (Fsp3) is 0.412. The first kappa shape index (κ1) is 14.0. The largest absolute Gasteiger partial charge is 0.320 e. The number of nitrogens with one attached hydrogen (secondary N) is 1. The molecule has 0 radical (unpaired) electrons. The van der Waals surface area contributed by atoms with Crippen molar-refractivity contribution in [2.24, 2.45) is 0 Å². The van der Waals surface area contributed by atoms with Crippen LogP contribution in [-0.4, -0.2) is 32.1 Å². The first-order valence-electron chi connectivity index (χ1n) is 7.11. The molecule has 0 saturated heterocycles. The number of hydrogen-bond donors (Lipinski definition) is 1. The predicted molar refractivity (Wildman–Crippen MR) is 83.4 cm³/mol. The third-order valence-electron chi connectivity index (χ3n) is 3.54. The molecule has 102 valence electrons. The SMILES string of the molecule is CNCCCCN(C)Cc1cccc2ccccc12. The van der Waals surface area contributed by atoms with Crippen molar-refractivity contribution in [3.63, 3.8) is 0 Å². The molecule has 0 atom stereocenters. The lowest BCUT2D eigenvalue weighted by molar-refractivity contribution is 0.319. The summed E-state index contributed by atoms with van der Waals surface area (Å²) < 4.78 is 0. The molecule has 0 aliphatic carbocycles. The van der Waals surface area contributed by atoms with Gasteiger partial charge in [-0.2, -0.15) is 0 Å². The van der Waals surface area contributed by atoms with E-state index in [0.717, 1.165) is 19.6 Å². The molecule has 0 amide bonds. The summed E-state index contributed by atoms with van der Waals surface area (Å²) in [6, 6.07) is 15.2. The van der Waals surface area contributed by atoms with Gasteiger partial charge in [-0.15, -0.1) is 0 Å². The summed E-state index contributed by atoms with van der Waals surface area (Å²) in [7, 11) is 4.22. The van der Waals surface area contributed by atoms with Gasteiger partial charge in [0, 0.05) is 6.54 Å². The van der Waals surface area contributed by atoms with E-state index in [9.17, 15) is 0 Å². The zero-order valence-corrected chi connectivity index (χ0v) is 12.0. The molecule has 2 nitrogen and oxygen atoms in total. The van der Waals surface area contributed by atoms with Gasteiger partial charge in [-0.1, -0.05) is 42.5 Å². The topological polar surface area (TPSA) is 15.3 Å². The van der Waals surface area contributed by atoms with E-state index in [1.807, 2.05) is 7.05 Å². The summed E-state index contributed by atoms with van der Waals surface area (Å²) in [4.78, 5) is 2.41. The van der Waals surface area contributed by atoms with Gasteiger partial charge in [0.15, 0.2) is 0 Å². The molecule has 0 aromatic heterocycles. The van der Waals surface area contributed by atoms with Crippen molar-refractivity contribution in [1.29, 1.82) is 0 Å². The Balaban J connectivity index is 1.97. The highest BCUT2D eigenvalue weighted by atomic mass is 15.1.